The van der Waals surface area contributed by atoms with Crippen molar-refractivity contribution in [3.63, 3.8) is 0 Å². The van der Waals surface area contributed by atoms with Crippen LogP contribution < -0.4 is 5.73 Å². The Morgan fingerprint density at radius 2 is 1.85 bits per heavy atom. The van der Waals surface area contributed by atoms with Crippen molar-refractivity contribution in [2.45, 2.75) is 24.3 Å². The Kier molecular flexibility index (Phi) is 3.74. The molecule has 0 radical (unpaired) electrons. The predicted molar refractivity (Wildman–Crippen MR) is 69.6 cm³/mol. The van der Waals surface area contributed by atoms with Crippen LogP contribution in [0.15, 0.2) is 17.0 Å². The molecule has 1 saturated heterocycles. The van der Waals surface area contributed by atoms with Crippen LogP contribution in [-0.2, 0) is 14.8 Å². The lowest BCUT2D eigenvalue weighted by Gasteiger charge is -2.40. The first-order valence-corrected chi connectivity index (χ1v) is 7.45. The van der Waals surface area contributed by atoms with Crippen LogP contribution in [0.4, 0.5) is 14.5 Å². The molecule has 0 aromatic heterocycles. The summed E-state index contributed by atoms with van der Waals surface area (Å²) in [6.45, 7) is 3.65. The first-order chi connectivity index (χ1) is 9.16. The van der Waals surface area contributed by atoms with Crippen molar-refractivity contribution >= 4 is 15.7 Å². The molecule has 1 fully saturated rings. The fraction of sp³-hybridized carbons (Fsp3) is 0.500. The molecule has 1 aromatic rings. The lowest BCUT2D eigenvalue weighted by Crippen LogP contribution is -2.55. The van der Waals surface area contributed by atoms with Gasteiger partial charge in [0.1, 0.15) is 11.6 Å². The molecule has 0 spiro atoms. The molecular weight excluding hydrogens is 290 g/mol. The Balaban J connectivity index is 2.56. The van der Waals surface area contributed by atoms with Gasteiger partial charge in [0.25, 0.3) is 0 Å². The predicted octanol–water partition coefficient (Wildman–Crippen LogP) is 1.35. The lowest BCUT2D eigenvalue weighted by molar-refractivity contribution is -0.00788. The number of sulfonamides is 1. The van der Waals surface area contributed by atoms with Crippen LogP contribution >= 0.6 is 0 Å². The van der Waals surface area contributed by atoms with E-state index in [2.05, 4.69) is 0 Å². The molecule has 1 aromatic carbocycles. The zero-order valence-corrected chi connectivity index (χ0v) is 12.0. The van der Waals surface area contributed by atoms with E-state index < -0.39 is 32.1 Å². The van der Waals surface area contributed by atoms with Crippen LogP contribution in [0.5, 0.6) is 0 Å². The van der Waals surface area contributed by atoms with Gasteiger partial charge in [0, 0.05) is 12.2 Å². The van der Waals surface area contributed by atoms with Gasteiger partial charge in [-0.25, -0.2) is 17.2 Å². The highest BCUT2D eigenvalue weighted by Gasteiger charge is 2.42. The number of halogens is 2. The number of rotatable bonds is 2. The Labute approximate surface area is 116 Å². The topological polar surface area (TPSA) is 72.6 Å². The van der Waals surface area contributed by atoms with Gasteiger partial charge in [-0.05, 0) is 26.0 Å². The lowest BCUT2D eigenvalue weighted by atomic mass is 10.1. The second-order valence-corrected chi connectivity index (χ2v) is 7.06. The van der Waals surface area contributed by atoms with Crippen LogP contribution in [0, 0.1) is 11.6 Å². The van der Waals surface area contributed by atoms with E-state index in [4.69, 9.17) is 10.5 Å². The average Bonchev–Trinajstić information content (AvgIpc) is 2.25. The molecule has 1 aliphatic heterocycles. The van der Waals surface area contributed by atoms with E-state index in [1.165, 1.54) is 0 Å². The standard InChI is InChI=1S/C12H16F2N2O3S/c1-12(2)7-19-4-3-16(12)20(17,18)11-9(13)5-8(15)6-10(11)14/h5-6H,3-4,7,15H2,1-2H3. The van der Waals surface area contributed by atoms with E-state index in [1.54, 1.807) is 13.8 Å². The number of hydrogen-bond donors (Lipinski definition) is 1. The minimum Gasteiger partial charge on any atom is -0.399 e. The molecule has 0 atom stereocenters. The average molecular weight is 306 g/mol. The molecule has 5 nitrogen and oxygen atoms in total. The zero-order valence-electron chi connectivity index (χ0n) is 11.2. The van der Waals surface area contributed by atoms with Gasteiger partial charge in [-0.15, -0.1) is 0 Å². The molecule has 1 aliphatic rings. The minimum absolute atomic E-state index is 0.0403. The first-order valence-electron chi connectivity index (χ1n) is 6.01. The Hall–Kier alpha value is -1.25. The summed E-state index contributed by atoms with van der Waals surface area (Å²) in [4.78, 5) is -0.971. The van der Waals surface area contributed by atoms with Crippen LogP contribution in [0.2, 0.25) is 0 Å². The normalized spacial score (nSPS) is 20.0. The summed E-state index contributed by atoms with van der Waals surface area (Å²) >= 11 is 0. The summed E-state index contributed by atoms with van der Waals surface area (Å²) in [5, 5.41) is 0. The third kappa shape index (κ3) is 2.50. The van der Waals surface area contributed by atoms with Gasteiger partial charge in [0.15, 0.2) is 4.90 Å². The van der Waals surface area contributed by atoms with Gasteiger partial charge in [0.05, 0.1) is 18.8 Å². The molecule has 0 bridgehead atoms. The number of nitrogen functional groups attached to an aromatic ring is 1. The van der Waals surface area contributed by atoms with Gasteiger partial charge in [-0.2, -0.15) is 4.31 Å². The highest BCUT2D eigenvalue weighted by Crippen LogP contribution is 2.31. The summed E-state index contributed by atoms with van der Waals surface area (Å²) in [5.41, 5.74) is 4.25. The smallest absolute Gasteiger partial charge is 0.249 e. The van der Waals surface area contributed by atoms with Crippen LogP contribution in [0.1, 0.15) is 13.8 Å². The molecule has 0 amide bonds. The molecule has 0 saturated carbocycles. The number of anilines is 1. The fourth-order valence-electron chi connectivity index (χ4n) is 2.23. The third-order valence-electron chi connectivity index (χ3n) is 3.14. The second-order valence-electron chi connectivity index (χ2n) is 5.26. The number of morpholine rings is 1. The summed E-state index contributed by atoms with van der Waals surface area (Å²) in [6.07, 6.45) is 0. The van der Waals surface area contributed by atoms with Gasteiger partial charge in [-0.1, -0.05) is 0 Å². The largest absolute Gasteiger partial charge is 0.399 e. The van der Waals surface area contributed by atoms with Crippen molar-refractivity contribution in [3.05, 3.63) is 23.8 Å². The highest BCUT2D eigenvalue weighted by atomic mass is 32.2. The van der Waals surface area contributed by atoms with Crippen LogP contribution in [0.25, 0.3) is 0 Å². The Morgan fingerprint density at radius 1 is 1.30 bits per heavy atom. The van der Waals surface area contributed by atoms with E-state index >= 15 is 0 Å². The highest BCUT2D eigenvalue weighted by molar-refractivity contribution is 7.89. The number of benzene rings is 1. The summed E-state index contributed by atoms with van der Waals surface area (Å²) < 4.78 is 59.0. The molecule has 2 rings (SSSR count). The Morgan fingerprint density at radius 3 is 2.35 bits per heavy atom. The van der Waals surface area contributed by atoms with Crippen molar-refractivity contribution in [2.75, 3.05) is 25.5 Å². The quantitative estimate of drug-likeness (QED) is 0.837. The monoisotopic (exact) mass is 306 g/mol. The Bertz CT molecular complexity index is 609. The van der Waals surface area contributed by atoms with Crippen molar-refractivity contribution < 1.29 is 21.9 Å². The summed E-state index contributed by atoms with van der Waals surface area (Å²) in [5.74, 6) is -2.38. The van der Waals surface area contributed by atoms with Gasteiger partial charge in [-0.3, -0.25) is 0 Å². The molecular formula is C12H16F2N2O3S. The van der Waals surface area contributed by atoms with Crippen molar-refractivity contribution in [1.29, 1.82) is 0 Å². The van der Waals surface area contributed by atoms with Crippen molar-refractivity contribution in [2.24, 2.45) is 0 Å². The maximum atomic E-state index is 13.9. The maximum Gasteiger partial charge on any atom is 0.249 e. The van der Waals surface area contributed by atoms with E-state index in [0.29, 0.717) is 0 Å². The summed E-state index contributed by atoms with van der Waals surface area (Å²) in [6, 6.07) is 1.59. The van der Waals surface area contributed by atoms with Crippen LogP contribution in [-0.4, -0.2) is 38.0 Å². The molecule has 112 valence electrons. The van der Waals surface area contributed by atoms with E-state index in [0.717, 1.165) is 16.4 Å². The third-order valence-corrected chi connectivity index (χ3v) is 5.30. The molecule has 1 heterocycles. The molecule has 0 unspecified atom stereocenters. The number of nitrogens with two attached hydrogens (primary N) is 1. The van der Waals surface area contributed by atoms with E-state index in [-0.39, 0.29) is 25.4 Å². The van der Waals surface area contributed by atoms with Crippen molar-refractivity contribution in [3.8, 4) is 0 Å². The molecule has 8 heteroatoms. The van der Waals surface area contributed by atoms with Gasteiger partial charge in [0.2, 0.25) is 10.0 Å². The molecule has 0 aliphatic carbocycles. The van der Waals surface area contributed by atoms with Crippen molar-refractivity contribution in [1.82, 2.24) is 4.31 Å². The summed E-state index contributed by atoms with van der Waals surface area (Å²) in [7, 11) is -4.30. The SMILES string of the molecule is CC1(C)COCCN1S(=O)(=O)c1c(F)cc(N)cc1F. The fourth-order valence-corrected chi connectivity index (χ4v) is 4.08. The van der Waals surface area contributed by atoms with E-state index in [9.17, 15) is 17.2 Å². The second kappa shape index (κ2) is 4.94. The number of hydrogen-bond acceptors (Lipinski definition) is 4. The molecule has 2 N–H and O–H groups in total. The van der Waals surface area contributed by atoms with E-state index in [1.807, 2.05) is 0 Å². The minimum atomic E-state index is -4.30. The zero-order chi connectivity index (χ0) is 15.1. The van der Waals surface area contributed by atoms with Crippen LogP contribution in [0.3, 0.4) is 0 Å². The molecule has 20 heavy (non-hydrogen) atoms. The number of nitrogens with zero attached hydrogens (tertiary/aromatic N) is 1. The van der Waals surface area contributed by atoms with Gasteiger partial charge < -0.3 is 10.5 Å². The van der Waals surface area contributed by atoms with Gasteiger partial charge >= 0.3 is 0 Å². The number of ether oxygens (including phenoxy) is 1. The maximum absolute atomic E-state index is 13.9. The first kappa shape index (κ1) is 15.1.